The summed E-state index contributed by atoms with van der Waals surface area (Å²) in [7, 11) is 0. The largest absolute Gasteiger partial charge is 0.278 e. The highest BCUT2D eigenvalue weighted by molar-refractivity contribution is 6.12. The molecule has 2 aromatic heterocycles. The molecule has 2 heterocycles. The van der Waals surface area contributed by atoms with E-state index in [0.29, 0.717) is 17.6 Å². The summed E-state index contributed by atoms with van der Waals surface area (Å²) < 4.78 is 2.28. The summed E-state index contributed by atoms with van der Waals surface area (Å²) in [5, 5.41) is 2.25. The van der Waals surface area contributed by atoms with Crippen LogP contribution in [0.25, 0.3) is 106 Å². The Balaban J connectivity index is 1.08. The molecule has 74 heavy (non-hydrogen) atoms. The Kier molecular flexibility index (Phi) is 10.4. The maximum absolute atomic E-state index is 5.63. The van der Waals surface area contributed by atoms with Gasteiger partial charge in [0.2, 0.25) is 5.95 Å². The van der Waals surface area contributed by atoms with Crippen LogP contribution < -0.4 is 0 Å². The molecule has 0 fully saturated rings. The molecule has 14 rings (SSSR count). The lowest BCUT2D eigenvalue weighted by molar-refractivity contribution is 0.769. The summed E-state index contributed by atoms with van der Waals surface area (Å²) in [6, 6.07) is 100. The minimum atomic E-state index is -0.600. The maximum atomic E-state index is 5.63. The molecule has 13 aromatic rings. The third-order valence-electron chi connectivity index (χ3n) is 14.9. The van der Waals surface area contributed by atoms with Crippen molar-refractivity contribution in [2.24, 2.45) is 0 Å². The van der Waals surface area contributed by atoms with Gasteiger partial charge in [-0.15, -0.1) is 0 Å². The monoisotopic (exact) mass is 942 g/mol. The van der Waals surface area contributed by atoms with E-state index in [1.54, 1.807) is 0 Å². The van der Waals surface area contributed by atoms with Gasteiger partial charge in [0.1, 0.15) is 0 Å². The number of fused-ring (bicyclic) bond motifs is 6. The molecular weight excluding hydrogens is 897 g/mol. The quantitative estimate of drug-likeness (QED) is 0.145. The Morgan fingerprint density at radius 1 is 0.257 bits per heavy atom. The fourth-order valence-electron chi connectivity index (χ4n) is 11.5. The zero-order chi connectivity index (χ0) is 49.0. The molecule has 0 bridgehead atoms. The normalized spacial score (nSPS) is 12.4. The number of aromatic nitrogens is 4. The molecule has 346 valence electrons. The number of nitrogens with zero attached hydrogens (tertiary/aromatic N) is 4. The zero-order valence-corrected chi connectivity index (χ0v) is 40.3. The van der Waals surface area contributed by atoms with Crippen LogP contribution in [-0.2, 0) is 5.41 Å². The Bertz CT molecular complexity index is 3910. The lowest BCUT2D eigenvalue weighted by Crippen LogP contribution is -2.28. The van der Waals surface area contributed by atoms with Crippen LogP contribution in [0.4, 0.5) is 0 Å². The van der Waals surface area contributed by atoms with Gasteiger partial charge in [-0.2, -0.15) is 9.97 Å². The van der Waals surface area contributed by atoms with Crippen molar-refractivity contribution < 1.29 is 0 Å². The molecule has 0 saturated heterocycles. The van der Waals surface area contributed by atoms with Gasteiger partial charge in [0.25, 0.3) is 0 Å². The van der Waals surface area contributed by atoms with Crippen molar-refractivity contribution in [2.75, 3.05) is 0 Å². The predicted octanol–water partition coefficient (Wildman–Crippen LogP) is 17.3. The first-order valence-electron chi connectivity index (χ1n) is 25.3. The van der Waals surface area contributed by atoms with Crippen LogP contribution in [0.3, 0.4) is 0 Å². The fraction of sp³-hybridized carbons (Fsp3) is 0.0143. The van der Waals surface area contributed by atoms with E-state index in [1.807, 2.05) is 0 Å². The van der Waals surface area contributed by atoms with Gasteiger partial charge in [0, 0.05) is 21.9 Å². The summed E-state index contributed by atoms with van der Waals surface area (Å²) in [6.45, 7) is 0. The lowest BCUT2D eigenvalue weighted by atomic mass is 9.67. The molecule has 1 aliphatic rings. The molecule has 0 saturated carbocycles. The van der Waals surface area contributed by atoms with Crippen molar-refractivity contribution in [1.82, 2.24) is 19.5 Å². The SMILES string of the molecule is c1ccc(-c2cc(-c3ccccc3)cc(-c3nc(-c4cc(-c5ccccc5)cc(-c5ccccc5)c4)nc(-n4c5ccccc5c5cc6c(cc54)C(c4ccccc4)(c4ccccc4)c4ccccc4-6)n3)c2)cc1. The van der Waals surface area contributed by atoms with E-state index in [1.165, 1.54) is 33.4 Å². The van der Waals surface area contributed by atoms with Gasteiger partial charge < -0.3 is 0 Å². The van der Waals surface area contributed by atoms with E-state index in [9.17, 15) is 0 Å². The van der Waals surface area contributed by atoms with Crippen LogP contribution in [0.15, 0.2) is 279 Å². The summed E-state index contributed by atoms with van der Waals surface area (Å²) in [6.07, 6.45) is 0. The predicted molar refractivity (Wildman–Crippen MR) is 304 cm³/mol. The van der Waals surface area contributed by atoms with E-state index >= 15 is 0 Å². The third-order valence-corrected chi connectivity index (χ3v) is 14.9. The molecule has 0 aliphatic heterocycles. The van der Waals surface area contributed by atoms with Crippen LogP contribution in [-0.4, -0.2) is 19.5 Å². The van der Waals surface area contributed by atoms with Crippen molar-refractivity contribution >= 4 is 21.8 Å². The van der Waals surface area contributed by atoms with Gasteiger partial charge in [-0.3, -0.25) is 4.57 Å². The molecule has 0 N–H and O–H groups in total. The molecular formula is C70H46N4. The number of benzene rings is 11. The summed E-state index contributed by atoms with van der Waals surface area (Å²) in [5.41, 5.74) is 19.3. The summed E-state index contributed by atoms with van der Waals surface area (Å²) in [4.78, 5) is 16.8. The van der Waals surface area contributed by atoms with Crippen molar-refractivity contribution in [3.05, 3.63) is 301 Å². The standard InChI is InChI=1S/C70H46N4/c1-7-23-47(24-8-1)51-39-52(48-25-9-2-10-26-48)42-55(41-51)67-71-68(56-43-53(49-27-11-3-12-28-49)40-54(44-56)50-29-13-4-14-30-50)73-69(72-67)74-65-38-22-20-36-60(65)62-45-61-59-35-19-21-37-63(59)70(64(61)46-66(62)74,57-31-15-5-16-32-57)58-33-17-6-18-34-58/h1-46H. The van der Waals surface area contributed by atoms with Crippen LogP contribution in [0, 0.1) is 0 Å². The Morgan fingerprint density at radius 2 is 0.649 bits per heavy atom. The fourth-order valence-corrected chi connectivity index (χ4v) is 11.5. The third kappa shape index (κ3) is 7.18. The van der Waals surface area contributed by atoms with Crippen molar-refractivity contribution in [1.29, 1.82) is 0 Å². The Morgan fingerprint density at radius 3 is 1.12 bits per heavy atom. The van der Waals surface area contributed by atoms with Crippen LogP contribution in [0.2, 0.25) is 0 Å². The molecule has 4 heteroatoms. The Hall–Kier alpha value is -9.77. The lowest BCUT2D eigenvalue weighted by Gasteiger charge is -2.34. The van der Waals surface area contributed by atoms with Crippen LogP contribution >= 0.6 is 0 Å². The molecule has 0 atom stereocenters. The average molecular weight is 943 g/mol. The van der Waals surface area contributed by atoms with E-state index in [-0.39, 0.29) is 0 Å². The van der Waals surface area contributed by atoms with E-state index in [0.717, 1.165) is 77.4 Å². The second-order valence-corrected chi connectivity index (χ2v) is 19.1. The minimum absolute atomic E-state index is 0.537. The van der Waals surface area contributed by atoms with Gasteiger partial charge >= 0.3 is 0 Å². The highest BCUT2D eigenvalue weighted by atomic mass is 15.2. The van der Waals surface area contributed by atoms with E-state index < -0.39 is 5.41 Å². The average Bonchev–Trinajstić information content (AvgIpc) is 4.06. The molecule has 0 unspecified atom stereocenters. The zero-order valence-electron chi connectivity index (χ0n) is 40.3. The summed E-state index contributed by atoms with van der Waals surface area (Å²) >= 11 is 0. The molecule has 0 spiro atoms. The molecule has 4 nitrogen and oxygen atoms in total. The van der Waals surface area contributed by atoms with E-state index in [4.69, 9.17) is 15.0 Å². The van der Waals surface area contributed by atoms with Crippen molar-refractivity contribution in [3.8, 4) is 84.4 Å². The number of para-hydroxylation sites is 1. The number of rotatable bonds is 9. The van der Waals surface area contributed by atoms with Crippen molar-refractivity contribution in [2.45, 2.75) is 5.41 Å². The second-order valence-electron chi connectivity index (χ2n) is 19.1. The van der Waals surface area contributed by atoms with Gasteiger partial charge in [0.15, 0.2) is 11.6 Å². The summed E-state index contributed by atoms with van der Waals surface area (Å²) in [5.74, 6) is 1.69. The Labute approximate surface area is 430 Å². The van der Waals surface area contributed by atoms with Gasteiger partial charge in [-0.25, -0.2) is 4.98 Å². The smallest absolute Gasteiger partial charge is 0.238 e. The van der Waals surface area contributed by atoms with Crippen LogP contribution in [0.1, 0.15) is 22.3 Å². The highest BCUT2D eigenvalue weighted by Crippen LogP contribution is 2.57. The van der Waals surface area contributed by atoms with Gasteiger partial charge in [-0.1, -0.05) is 224 Å². The first-order chi connectivity index (χ1) is 36.7. The molecule has 1 aliphatic carbocycles. The minimum Gasteiger partial charge on any atom is -0.278 e. The molecule has 11 aromatic carbocycles. The second kappa shape index (κ2) is 17.8. The van der Waals surface area contributed by atoms with E-state index in [2.05, 4.69) is 284 Å². The van der Waals surface area contributed by atoms with Gasteiger partial charge in [0.05, 0.1) is 16.4 Å². The number of hydrogen-bond donors (Lipinski definition) is 0. The van der Waals surface area contributed by atoms with Crippen molar-refractivity contribution in [3.63, 3.8) is 0 Å². The highest BCUT2D eigenvalue weighted by Gasteiger charge is 2.46. The number of hydrogen-bond acceptors (Lipinski definition) is 3. The molecule has 0 radical (unpaired) electrons. The van der Waals surface area contributed by atoms with Gasteiger partial charge in [-0.05, 0) is 132 Å². The molecule has 0 amide bonds. The maximum Gasteiger partial charge on any atom is 0.238 e. The topological polar surface area (TPSA) is 43.6 Å². The van der Waals surface area contributed by atoms with Crippen LogP contribution in [0.5, 0.6) is 0 Å². The first kappa shape index (κ1) is 43.1. The first-order valence-corrected chi connectivity index (χ1v) is 25.3.